The third-order valence-corrected chi connectivity index (χ3v) is 13.5. The molecule has 3 heterocycles. The molecule has 280 valence electrons. The minimum atomic E-state index is -0.317. The summed E-state index contributed by atoms with van der Waals surface area (Å²) in [5.74, 6) is 1.77. The maximum absolute atomic E-state index is 6.82. The van der Waals surface area contributed by atoms with E-state index in [2.05, 4.69) is 171 Å². The lowest BCUT2D eigenvalue weighted by atomic mass is 9.84. The molecule has 4 aliphatic carbocycles. The zero-order valence-corrected chi connectivity index (χ0v) is 32.6. The zero-order valence-electron chi connectivity index (χ0n) is 32.6. The smallest absolute Gasteiger partial charge is 0.143 e. The summed E-state index contributed by atoms with van der Waals surface area (Å²) >= 11 is 0. The van der Waals surface area contributed by atoms with Crippen LogP contribution in [0.3, 0.4) is 0 Å². The molecule has 1 aromatic heterocycles. The molecule has 3 heteroatoms. The molecule has 4 atom stereocenters. The van der Waals surface area contributed by atoms with Crippen LogP contribution in [0, 0.1) is 11.8 Å². The lowest BCUT2D eigenvalue weighted by molar-refractivity contribution is 0.232. The van der Waals surface area contributed by atoms with Crippen molar-refractivity contribution in [2.45, 2.75) is 50.5 Å². The van der Waals surface area contributed by atoms with E-state index in [1.165, 1.54) is 66.9 Å². The Hall–Kier alpha value is -6.45. The molecular weight excluding hydrogens is 707 g/mol. The number of ether oxygens (including phenoxy) is 1. The van der Waals surface area contributed by atoms with E-state index < -0.39 is 0 Å². The van der Waals surface area contributed by atoms with Gasteiger partial charge >= 0.3 is 0 Å². The molecule has 0 amide bonds. The van der Waals surface area contributed by atoms with Crippen LogP contribution in [0.5, 0.6) is 5.75 Å². The lowest BCUT2D eigenvalue weighted by Gasteiger charge is -2.22. The fourth-order valence-electron chi connectivity index (χ4n) is 10.6. The van der Waals surface area contributed by atoms with Crippen LogP contribution in [-0.4, -0.2) is 11.3 Å². The summed E-state index contributed by atoms with van der Waals surface area (Å²) in [6.07, 6.45) is 25.6. The second-order valence-electron chi connectivity index (χ2n) is 16.7. The second kappa shape index (κ2) is 13.0. The van der Waals surface area contributed by atoms with E-state index in [0.29, 0.717) is 5.92 Å². The molecule has 3 nitrogen and oxygen atoms in total. The summed E-state index contributed by atoms with van der Waals surface area (Å²) in [4.78, 5) is 5.64. The first-order valence-electron chi connectivity index (χ1n) is 21.0. The van der Waals surface area contributed by atoms with Gasteiger partial charge in [0, 0.05) is 51.9 Å². The van der Waals surface area contributed by atoms with Gasteiger partial charge in [-0.25, -0.2) is 0 Å². The zero-order chi connectivity index (χ0) is 38.4. The van der Waals surface area contributed by atoms with E-state index in [0.717, 1.165) is 65.5 Å². The molecule has 2 aliphatic heterocycles. The van der Waals surface area contributed by atoms with Gasteiger partial charge in [-0.15, -0.1) is 0 Å². The summed E-state index contributed by atoms with van der Waals surface area (Å²) in [5, 5.41) is 2.30. The molecule has 1 spiro atoms. The van der Waals surface area contributed by atoms with Gasteiger partial charge in [-0.2, -0.15) is 0 Å². The van der Waals surface area contributed by atoms with Crippen molar-refractivity contribution in [3.63, 3.8) is 0 Å². The molecule has 0 radical (unpaired) electrons. The van der Waals surface area contributed by atoms with Crippen molar-refractivity contribution >= 4 is 44.9 Å². The number of fused-ring (bicyclic) bond motifs is 7. The van der Waals surface area contributed by atoms with E-state index in [1.807, 2.05) is 0 Å². The maximum Gasteiger partial charge on any atom is 0.143 e. The second-order valence-corrected chi connectivity index (χ2v) is 16.7. The van der Waals surface area contributed by atoms with Crippen molar-refractivity contribution in [3.05, 3.63) is 202 Å². The predicted molar refractivity (Wildman–Crippen MR) is 239 cm³/mol. The van der Waals surface area contributed by atoms with Crippen LogP contribution < -0.4 is 4.74 Å². The number of aliphatic imine (C=N–C) groups is 1. The lowest BCUT2D eigenvalue weighted by Crippen LogP contribution is -2.19. The summed E-state index contributed by atoms with van der Waals surface area (Å²) in [5.41, 5.74) is 18.2. The highest BCUT2D eigenvalue weighted by Crippen LogP contribution is 2.72. The van der Waals surface area contributed by atoms with Gasteiger partial charge in [-0.05, 0) is 124 Å². The van der Waals surface area contributed by atoms with Gasteiger partial charge in [0.1, 0.15) is 22.5 Å². The molecule has 0 N–H and O–H groups in total. The summed E-state index contributed by atoms with van der Waals surface area (Å²) in [6.45, 7) is 2.32. The maximum atomic E-state index is 6.82. The Morgan fingerprint density at radius 2 is 1.64 bits per heavy atom. The van der Waals surface area contributed by atoms with Gasteiger partial charge in [-0.3, -0.25) is 4.99 Å². The molecule has 6 aromatic rings. The Bertz CT molecular complexity index is 2990. The highest BCUT2D eigenvalue weighted by atomic mass is 16.5. The molecule has 5 aromatic carbocycles. The summed E-state index contributed by atoms with van der Waals surface area (Å²) in [7, 11) is 0. The van der Waals surface area contributed by atoms with Crippen molar-refractivity contribution in [2.24, 2.45) is 16.8 Å². The molecular formula is C55H43NO2. The molecule has 0 saturated heterocycles. The average Bonchev–Trinajstić information content (AvgIpc) is 3.70. The predicted octanol–water partition coefficient (Wildman–Crippen LogP) is 13.8. The number of nitrogens with zero attached hydrogens (tertiary/aromatic N) is 1. The van der Waals surface area contributed by atoms with Gasteiger partial charge < -0.3 is 9.15 Å². The van der Waals surface area contributed by atoms with Gasteiger partial charge in [0.25, 0.3) is 0 Å². The van der Waals surface area contributed by atoms with Crippen molar-refractivity contribution < 1.29 is 9.15 Å². The Morgan fingerprint density at radius 3 is 2.57 bits per heavy atom. The third-order valence-electron chi connectivity index (χ3n) is 13.5. The molecule has 12 rings (SSSR count). The molecule has 1 fully saturated rings. The summed E-state index contributed by atoms with van der Waals surface area (Å²) < 4.78 is 13.3. The highest BCUT2D eigenvalue weighted by molar-refractivity contribution is 6.13. The van der Waals surface area contributed by atoms with Crippen LogP contribution in [0.1, 0.15) is 66.3 Å². The number of benzene rings is 5. The molecule has 0 bridgehead atoms. The Kier molecular flexibility index (Phi) is 7.57. The molecule has 3 unspecified atom stereocenters. The van der Waals surface area contributed by atoms with Gasteiger partial charge in [0.2, 0.25) is 0 Å². The van der Waals surface area contributed by atoms with Gasteiger partial charge in [0.15, 0.2) is 0 Å². The Labute approximate surface area is 339 Å². The van der Waals surface area contributed by atoms with E-state index in [9.17, 15) is 0 Å². The quantitative estimate of drug-likeness (QED) is 0.170. The van der Waals surface area contributed by atoms with E-state index in [1.54, 1.807) is 0 Å². The number of hydrogen-bond acceptors (Lipinski definition) is 3. The van der Waals surface area contributed by atoms with Crippen molar-refractivity contribution in [1.29, 1.82) is 0 Å². The number of allylic oxidation sites excluding steroid dienone is 10. The van der Waals surface area contributed by atoms with Crippen molar-refractivity contribution in [2.75, 3.05) is 0 Å². The standard InChI is InChI=1S/C55H43NO2/c1-2-34-32-47(36-15-4-3-5-16-36)56-48(38-26-25-35-14-6-7-17-37(35)28-38)33-46(34)41-30-39(42-20-12-24-51-52(42)44-18-8-10-22-49(44)57-51)29-40(31-41)43-21-13-27-55-53(43)54(55)45-19-9-11-23-50(45)58-55/h3-4,6-15,17-27,29-31,33,38,53-54H,2,5,16,28,32H2,1H3/t38?,53-,54?,55?/m1/s1. The van der Waals surface area contributed by atoms with E-state index in [-0.39, 0.29) is 17.4 Å². The fraction of sp³-hybridized carbons (Fsp3) is 0.182. The first kappa shape index (κ1) is 33.7. The first-order valence-corrected chi connectivity index (χ1v) is 21.0. The number of rotatable bonds is 6. The van der Waals surface area contributed by atoms with Crippen LogP contribution in [0.15, 0.2) is 184 Å². The average molecular weight is 750 g/mol. The topological polar surface area (TPSA) is 34.7 Å². The Morgan fingerprint density at radius 1 is 0.793 bits per heavy atom. The van der Waals surface area contributed by atoms with Gasteiger partial charge in [-0.1, -0.05) is 128 Å². The van der Waals surface area contributed by atoms with Crippen LogP contribution in [0.2, 0.25) is 0 Å². The SMILES string of the molecule is CCC1=C(c2cc(C3=CC=CC45Oc6ccccc6C4[C@@H]35)cc(-c3cccc4oc5ccccc5c34)c2)C=C(C2C=Cc3ccccc3C2)N=C(C2=CC=CCC2)C1. The first-order chi connectivity index (χ1) is 28.6. The van der Waals surface area contributed by atoms with Gasteiger partial charge in [0.05, 0.1) is 0 Å². The fourth-order valence-corrected chi connectivity index (χ4v) is 10.6. The third kappa shape index (κ3) is 5.22. The largest absolute Gasteiger partial charge is 0.482 e. The van der Waals surface area contributed by atoms with Crippen molar-refractivity contribution in [3.8, 4) is 16.9 Å². The highest BCUT2D eigenvalue weighted by Gasteiger charge is 2.72. The minimum Gasteiger partial charge on any atom is -0.482 e. The summed E-state index contributed by atoms with van der Waals surface area (Å²) in [6, 6.07) is 39.7. The number of para-hydroxylation sites is 2. The minimum absolute atomic E-state index is 0.179. The Balaban J connectivity index is 1.06. The van der Waals surface area contributed by atoms with Crippen LogP contribution in [0.25, 0.3) is 50.3 Å². The monoisotopic (exact) mass is 749 g/mol. The normalized spacial score (nSPS) is 23.9. The van der Waals surface area contributed by atoms with E-state index in [4.69, 9.17) is 14.1 Å². The molecule has 1 saturated carbocycles. The van der Waals surface area contributed by atoms with Crippen LogP contribution in [-0.2, 0) is 6.42 Å². The van der Waals surface area contributed by atoms with Crippen LogP contribution in [0.4, 0.5) is 0 Å². The number of hydrogen-bond donors (Lipinski definition) is 0. The number of furan rings is 1. The van der Waals surface area contributed by atoms with E-state index >= 15 is 0 Å². The molecule has 58 heavy (non-hydrogen) atoms. The van der Waals surface area contributed by atoms with Crippen molar-refractivity contribution in [1.82, 2.24) is 0 Å². The van der Waals surface area contributed by atoms with Crippen LogP contribution >= 0.6 is 0 Å². The molecule has 6 aliphatic rings.